The first-order valence-corrected chi connectivity index (χ1v) is 6.67. The van der Waals surface area contributed by atoms with Crippen LogP contribution in [0.4, 0.5) is 5.82 Å². The lowest BCUT2D eigenvalue weighted by Gasteiger charge is -2.50. The van der Waals surface area contributed by atoms with E-state index < -0.39 is 0 Å². The number of thiophene rings is 1. The molecule has 0 saturated heterocycles. The second kappa shape index (κ2) is 3.65. The Kier molecular flexibility index (Phi) is 2.34. The number of rotatable bonds is 2. The molecule has 0 aromatic carbocycles. The van der Waals surface area contributed by atoms with Crippen molar-refractivity contribution in [2.75, 3.05) is 5.32 Å². The van der Waals surface area contributed by atoms with Gasteiger partial charge >= 0.3 is 0 Å². The molecule has 5 heteroatoms. The highest BCUT2D eigenvalue weighted by Gasteiger charge is 2.46. The smallest absolute Gasteiger partial charge is 0.147 e. The summed E-state index contributed by atoms with van der Waals surface area (Å²) in [6, 6.07) is 2.70. The Bertz CT molecular complexity index is 548. The van der Waals surface area contributed by atoms with Gasteiger partial charge in [-0.3, -0.25) is 0 Å². The Hall–Kier alpha value is -1.20. The molecule has 1 aliphatic rings. The molecule has 0 bridgehead atoms. The molecule has 90 valence electrons. The molecule has 4 nitrogen and oxygen atoms in total. The van der Waals surface area contributed by atoms with Gasteiger partial charge in [0.05, 0.1) is 10.2 Å². The van der Waals surface area contributed by atoms with E-state index in [1.54, 1.807) is 17.7 Å². The molecule has 1 saturated carbocycles. The molecule has 2 unspecified atom stereocenters. The minimum atomic E-state index is 0.133. The zero-order chi connectivity index (χ0) is 12.0. The Morgan fingerprint density at radius 1 is 1.47 bits per heavy atom. The van der Waals surface area contributed by atoms with Gasteiger partial charge in [0.15, 0.2) is 0 Å². The predicted octanol–water partition coefficient (Wildman–Crippen LogP) is 2.23. The zero-order valence-corrected chi connectivity index (χ0v) is 10.8. The van der Waals surface area contributed by atoms with E-state index in [0.29, 0.717) is 6.04 Å². The Labute approximate surface area is 104 Å². The number of fused-ring (bicyclic) bond motifs is 1. The second-order valence-corrected chi connectivity index (χ2v) is 6.13. The van der Waals surface area contributed by atoms with Crippen LogP contribution in [0.15, 0.2) is 17.8 Å². The minimum absolute atomic E-state index is 0.133. The van der Waals surface area contributed by atoms with E-state index in [0.717, 1.165) is 22.5 Å². The van der Waals surface area contributed by atoms with Crippen LogP contribution in [0.3, 0.4) is 0 Å². The third kappa shape index (κ3) is 1.61. The molecule has 0 amide bonds. The first-order valence-electron chi connectivity index (χ1n) is 5.79. The van der Waals surface area contributed by atoms with Crippen LogP contribution in [-0.2, 0) is 0 Å². The lowest BCUT2D eigenvalue weighted by molar-refractivity contribution is 0.117. The number of hydrogen-bond donors (Lipinski definition) is 2. The van der Waals surface area contributed by atoms with Crippen LogP contribution in [0.5, 0.6) is 0 Å². The van der Waals surface area contributed by atoms with Gasteiger partial charge < -0.3 is 11.1 Å². The van der Waals surface area contributed by atoms with Crippen molar-refractivity contribution in [3.05, 3.63) is 17.8 Å². The number of hydrogen-bond acceptors (Lipinski definition) is 5. The molecule has 1 fully saturated rings. The van der Waals surface area contributed by atoms with Gasteiger partial charge in [0.25, 0.3) is 0 Å². The Morgan fingerprint density at radius 2 is 2.29 bits per heavy atom. The van der Waals surface area contributed by atoms with Gasteiger partial charge in [0, 0.05) is 17.5 Å². The highest BCUT2D eigenvalue weighted by atomic mass is 32.1. The SMILES string of the molecule is CC1(C)C(N)CC1Nc1ncnc2ccsc12. The van der Waals surface area contributed by atoms with Gasteiger partial charge in [-0.15, -0.1) is 11.3 Å². The number of nitrogens with two attached hydrogens (primary N) is 1. The largest absolute Gasteiger partial charge is 0.365 e. The van der Waals surface area contributed by atoms with Crippen LogP contribution in [0.25, 0.3) is 10.2 Å². The quantitative estimate of drug-likeness (QED) is 0.855. The van der Waals surface area contributed by atoms with Crippen molar-refractivity contribution in [2.45, 2.75) is 32.4 Å². The average molecular weight is 248 g/mol. The summed E-state index contributed by atoms with van der Waals surface area (Å²) in [6.45, 7) is 4.40. The third-order valence-electron chi connectivity index (χ3n) is 3.90. The number of anilines is 1. The zero-order valence-electron chi connectivity index (χ0n) is 9.97. The van der Waals surface area contributed by atoms with Crippen LogP contribution in [0.2, 0.25) is 0 Å². The summed E-state index contributed by atoms with van der Waals surface area (Å²) in [4.78, 5) is 8.58. The highest BCUT2D eigenvalue weighted by Crippen LogP contribution is 2.41. The fourth-order valence-electron chi connectivity index (χ4n) is 2.26. The van der Waals surface area contributed by atoms with Gasteiger partial charge in [0.2, 0.25) is 0 Å². The molecule has 0 aliphatic heterocycles. The molecule has 2 aromatic rings. The summed E-state index contributed by atoms with van der Waals surface area (Å²) < 4.78 is 1.13. The van der Waals surface area contributed by atoms with Crippen LogP contribution < -0.4 is 11.1 Å². The molecule has 2 atom stereocenters. The summed E-state index contributed by atoms with van der Waals surface area (Å²) in [7, 11) is 0. The molecule has 0 radical (unpaired) electrons. The van der Waals surface area contributed by atoms with E-state index >= 15 is 0 Å². The normalized spacial score (nSPS) is 26.8. The summed E-state index contributed by atoms with van der Waals surface area (Å²) in [6.07, 6.45) is 2.62. The Balaban J connectivity index is 1.89. The summed E-state index contributed by atoms with van der Waals surface area (Å²) >= 11 is 1.67. The van der Waals surface area contributed by atoms with Gasteiger partial charge in [-0.05, 0) is 17.9 Å². The number of aromatic nitrogens is 2. The first-order chi connectivity index (χ1) is 8.09. The molecule has 3 rings (SSSR count). The van der Waals surface area contributed by atoms with E-state index in [1.807, 2.05) is 11.4 Å². The maximum Gasteiger partial charge on any atom is 0.147 e. The average Bonchev–Trinajstić information content (AvgIpc) is 2.77. The maximum absolute atomic E-state index is 6.02. The number of nitrogens with zero attached hydrogens (tertiary/aromatic N) is 2. The van der Waals surface area contributed by atoms with Crippen LogP contribution in [-0.4, -0.2) is 22.1 Å². The Morgan fingerprint density at radius 3 is 3.00 bits per heavy atom. The molecule has 17 heavy (non-hydrogen) atoms. The lowest BCUT2D eigenvalue weighted by Crippen LogP contribution is -2.61. The fourth-order valence-corrected chi connectivity index (χ4v) is 3.06. The number of nitrogens with one attached hydrogen (secondary N) is 1. The van der Waals surface area contributed by atoms with Crippen LogP contribution in [0, 0.1) is 5.41 Å². The van der Waals surface area contributed by atoms with Gasteiger partial charge in [-0.1, -0.05) is 13.8 Å². The molecule has 3 N–H and O–H groups in total. The standard InChI is InChI=1S/C12H16N4S/c1-12(2)8(13)5-9(12)16-11-10-7(3-4-17-10)14-6-15-11/h3-4,6,8-9H,5,13H2,1-2H3,(H,14,15,16). The summed E-state index contributed by atoms with van der Waals surface area (Å²) in [5.74, 6) is 0.940. The van der Waals surface area contributed by atoms with Crippen molar-refractivity contribution in [3.8, 4) is 0 Å². The van der Waals surface area contributed by atoms with E-state index in [4.69, 9.17) is 5.73 Å². The summed E-state index contributed by atoms with van der Waals surface area (Å²) in [5, 5.41) is 5.55. The molecule has 1 aliphatic carbocycles. The van der Waals surface area contributed by atoms with Crippen molar-refractivity contribution in [3.63, 3.8) is 0 Å². The van der Waals surface area contributed by atoms with Crippen molar-refractivity contribution < 1.29 is 0 Å². The monoisotopic (exact) mass is 248 g/mol. The second-order valence-electron chi connectivity index (χ2n) is 5.22. The maximum atomic E-state index is 6.02. The van der Waals surface area contributed by atoms with E-state index in [9.17, 15) is 0 Å². The molecular formula is C12H16N4S. The molecule has 0 spiro atoms. The first kappa shape index (κ1) is 10.9. The fraction of sp³-hybridized carbons (Fsp3) is 0.500. The van der Waals surface area contributed by atoms with E-state index in [-0.39, 0.29) is 11.5 Å². The van der Waals surface area contributed by atoms with Gasteiger partial charge in [-0.25, -0.2) is 9.97 Å². The van der Waals surface area contributed by atoms with Crippen LogP contribution >= 0.6 is 11.3 Å². The molecular weight excluding hydrogens is 232 g/mol. The predicted molar refractivity (Wildman–Crippen MR) is 71.2 cm³/mol. The summed E-state index contributed by atoms with van der Waals surface area (Å²) in [5.41, 5.74) is 7.16. The van der Waals surface area contributed by atoms with Gasteiger partial charge in [0.1, 0.15) is 12.1 Å². The lowest BCUT2D eigenvalue weighted by atomic mass is 9.63. The molecule has 2 heterocycles. The highest BCUT2D eigenvalue weighted by molar-refractivity contribution is 7.17. The molecule has 2 aromatic heterocycles. The minimum Gasteiger partial charge on any atom is -0.365 e. The third-order valence-corrected chi connectivity index (χ3v) is 4.81. The topological polar surface area (TPSA) is 63.8 Å². The van der Waals surface area contributed by atoms with Crippen molar-refractivity contribution in [1.82, 2.24) is 9.97 Å². The van der Waals surface area contributed by atoms with E-state index in [2.05, 4.69) is 29.1 Å². The van der Waals surface area contributed by atoms with Crippen LogP contribution in [0.1, 0.15) is 20.3 Å². The van der Waals surface area contributed by atoms with Crippen molar-refractivity contribution in [1.29, 1.82) is 0 Å². The van der Waals surface area contributed by atoms with Gasteiger partial charge in [-0.2, -0.15) is 0 Å². The van der Waals surface area contributed by atoms with Crippen molar-refractivity contribution >= 4 is 27.4 Å². The van der Waals surface area contributed by atoms with Crippen molar-refractivity contribution in [2.24, 2.45) is 11.1 Å². The van der Waals surface area contributed by atoms with E-state index in [1.165, 1.54) is 0 Å².